The molecule has 3 rings (SSSR count). The summed E-state index contributed by atoms with van der Waals surface area (Å²) < 4.78 is 32.3. The average Bonchev–Trinajstić information content (AvgIpc) is 3.10. The summed E-state index contributed by atoms with van der Waals surface area (Å²) in [6.07, 6.45) is 0. The molecule has 0 aliphatic carbocycles. The summed E-state index contributed by atoms with van der Waals surface area (Å²) in [5.41, 5.74) is 1.70. The lowest BCUT2D eigenvalue weighted by molar-refractivity contribution is 0.466. The molecular formula is C17H16BrN3O3S2. The molecule has 0 saturated heterocycles. The fourth-order valence-electron chi connectivity index (χ4n) is 2.13. The van der Waals surface area contributed by atoms with E-state index in [-0.39, 0.29) is 4.90 Å². The summed E-state index contributed by atoms with van der Waals surface area (Å²) >= 11 is 4.75. The molecule has 0 aliphatic heterocycles. The maximum Gasteiger partial charge on any atom is 0.277 e. The van der Waals surface area contributed by atoms with Crippen LogP contribution >= 0.6 is 27.7 Å². The Labute approximate surface area is 164 Å². The fraction of sp³-hybridized carbons (Fsp3) is 0.176. The highest BCUT2D eigenvalue weighted by Crippen LogP contribution is 2.27. The topological polar surface area (TPSA) is 76.3 Å². The van der Waals surface area contributed by atoms with E-state index >= 15 is 0 Å². The van der Waals surface area contributed by atoms with E-state index in [1.54, 1.807) is 18.2 Å². The lowest BCUT2D eigenvalue weighted by Gasteiger charge is -2.11. The van der Waals surface area contributed by atoms with Gasteiger partial charge in [0.2, 0.25) is 15.9 Å². The number of sulfonamides is 1. The van der Waals surface area contributed by atoms with E-state index in [1.807, 2.05) is 30.3 Å². The first-order valence-corrected chi connectivity index (χ1v) is 10.8. The zero-order valence-electron chi connectivity index (χ0n) is 14.1. The third-order valence-corrected chi connectivity index (χ3v) is 6.77. The van der Waals surface area contributed by atoms with Crippen LogP contribution in [0.5, 0.6) is 0 Å². The highest BCUT2D eigenvalue weighted by Gasteiger charge is 2.17. The summed E-state index contributed by atoms with van der Waals surface area (Å²) in [6.45, 7) is 0. The molecule has 0 spiro atoms. The zero-order chi connectivity index (χ0) is 18.7. The standard InChI is InChI=1S/C17H16BrN3O3S2/c1-21(2)26(22,23)15-5-3-4-12(10-15)11-25-17-20-19-16(24-17)13-6-8-14(18)9-7-13/h3-10H,11H2,1-2H3. The molecule has 6 nitrogen and oxygen atoms in total. The van der Waals surface area contributed by atoms with Crippen molar-refractivity contribution in [2.24, 2.45) is 0 Å². The molecule has 9 heteroatoms. The molecule has 136 valence electrons. The van der Waals surface area contributed by atoms with Crippen LogP contribution in [0.4, 0.5) is 0 Å². The summed E-state index contributed by atoms with van der Waals surface area (Å²) in [5, 5.41) is 8.52. The number of halogens is 1. The molecule has 2 aromatic carbocycles. The quantitative estimate of drug-likeness (QED) is 0.524. The van der Waals surface area contributed by atoms with Crippen LogP contribution in [0.25, 0.3) is 11.5 Å². The third-order valence-electron chi connectivity index (χ3n) is 3.54. The second kappa shape index (κ2) is 7.91. The highest BCUT2D eigenvalue weighted by molar-refractivity contribution is 9.10. The Kier molecular flexibility index (Phi) is 5.81. The number of benzene rings is 2. The van der Waals surface area contributed by atoms with Crippen LogP contribution in [0.3, 0.4) is 0 Å². The number of nitrogens with zero attached hydrogens (tertiary/aromatic N) is 3. The lowest BCUT2D eigenvalue weighted by atomic mass is 10.2. The van der Waals surface area contributed by atoms with Gasteiger partial charge in [-0.2, -0.15) is 0 Å². The van der Waals surface area contributed by atoms with E-state index in [4.69, 9.17) is 4.42 Å². The van der Waals surface area contributed by atoms with Crippen LogP contribution in [0.1, 0.15) is 5.56 Å². The van der Waals surface area contributed by atoms with Gasteiger partial charge in [-0.3, -0.25) is 0 Å². The number of hydrogen-bond acceptors (Lipinski definition) is 6. The number of rotatable bonds is 6. The minimum Gasteiger partial charge on any atom is -0.411 e. The second-order valence-electron chi connectivity index (χ2n) is 5.60. The maximum absolute atomic E-state index is 12.2. The number of hydrogen-bond donors (Lipinski definition) is 0. The van der Waals surface area contributed by atoms with Crippen molar-refractivity contribution in [3.8, 4) is 11.5 Å². The molecule has 0 bridgehead atoms. The first-order valence-electron chi connectivity index (χ1n) is 7.60. The molecule has 0 atom stereocenters. The van der Waals surface area contributed by atoms with Crippen molar-refractivity contribution in [2.75, 3.05) is 14.1 Å². The molecule has 0 N–H and O–H groups in total. The van der Waals surface area contributed by atoms with E-state index in [0.717, 1.165) is 15.6 Å². The van der Waals surface area contributed by atoms with Gasteiger partial charge in [0, 0.05) is 29.9 Å². The summed E-state index contributed by atoms with van der Waals surface area (Å²) in [4.78, 5) is 0.265. The molecule has 0 unspecified atom stereocenters. The Balaban J connectivity index is 1.71. The molecule has 1 heterocycles. The van der Waals surface area contributed by atoms with E-state index < -0.39 is 10.0 Å². The van der Waals surface area contributed by atoms with Gasteiger partial charge in [-0.15, -0.1) is 10.2 Å². The first-order chi connectivity index (χ1) is 12.4. The van der Waals surface area contributed by atoms with Gasteiger partial charge in [0.15, 0.2) is 0 Å². The molecule has 1 aromatic heterocycles. The largest absolute Gasteiger partial charge is 0.411 e. The highest BCUT2D eigenvalue weighted by atomic mass is 79.9. The van der Waals surface area contributed by atoms with Gasteiger partial charge in [-0.1, -0.05) is 39.8 Å². The predicted octanol–water partition coefficient (Wildman–Crippen LogP) is 4.04. The van der Waals surface area contributed by atoms with Crippen LogP contribution in [-0.4, -0.2) is 37.0 Å². The van der Waals surface area contributed by atoms with Crippen molar-refractivity contribution in [2.45, 2.75) is 15.9 Å². The second-order valence-corrected chi connectivity index (χ2v) is 9.60. The first kappa shape index (κ1) is 19.1. The van der Waals surface area contributed by atoms with Gasteiger partial charge in [-0.25, -0.2) is 12.7 Å². The van der Waals surface area contributed by atoms with Crippen LogP contribution in [0, 0.1) is 0 Å². The Bertz CT molecular complexity index is 1000. The van der Waals surface area contributed by atoms with Gasteiger partial charge in [0.25, 0.3) is 5.22 Å². The average molecular weight is 454 g/mol. The Morgan fingerprint density at radius 1 is 1.12 bits per heavy atom. The van der Waals surface area contributed by atoms with E-state index in [1.165, 1.54) is 30.2 Å². The minimum absolute atomic E-state index is 0.265. The van der Waals surface area contributed by atoms with Crippen LogP contribution < -0.4 is 0 Å². The van der Waals surface area contributed by atoms with Crippen molar-refractivity contribution in [1.29, 1.82) is 0 Å². The van der Waals surface area contributed by atoms with E-state index in [0.29, 0.717) is 16.9 Å². The SMILES string of the molecule is CN(C)S(=O)(=O)c1cccc(CSc2nnc(-c3ccc(Br)cc3)o2)c1. The summed E-state index contributed by atoms with van der Waals surface area (Å²) in [5.74, 6) is 0.975. The van der Waals surface area contributed by atoms with Crippen molar-refractivity contribution in [3.63, 3.8) is 0 Å². The van der Waals surface area contributed by atoms with E-state index in [9.17, 15) is 8.42 Å². The Morgan fingerprint density at radius 3 is 2.54 bits per heavy atom. The maximum atomic E-state index is 12.2. The molecule has 0 radical (unpaired) electrons. The molecule has 0 amide bonds. The molecule has 0 fully saturated rings. The van der Waals surface area contributed by atoms with Crippen molar-refractivity contribution in [1.82, 2.24) is 14.5 Å². The van der Waals surface area contributed by atoms with Gasteiger partial charge in [0.1, 0.15) is 0 Å². The van der Waals surface area contributed by atoms with Crippen LogP contribution in [0.2, 0.25) is 0 Å². The van der Waals surface area contributed by atoms with E-state index in [2.05, 4.69) is 26.1 Å². The van der Waals surface area contributed by atoms with Crippen LogP contribution in [-0.2, 0) is 15.8 Å². The zero-order valence-corrected chi connectivity index (χ0v) is 17.3. The molecule has 3 aromatic rings. The minimum atomic E-state index is -3.45. The van der Waals surface area contributed by atoms with Gasteiger partial charge >= 0.3 is 0 Å². The molecular weight excluding hydrogens is 438 g/mol. The normalized spacial score (nSPS) is 11.8. The third kappa shape index (κ3) is 4.35. The van der Waals surface area contributed by atoms with Crippen LogP contribution in [0.15, 0.2) is 67.5 Å². The van der Waals surface area contributed by atoms with Crippen molar-refractivity contribution < 1.29 is 12.8 Å². The predicted molar refractivity (Wildman–Crippen MR) is 104 cm³/mol. The number of aromatic nitrogens is 2. The van der Waals surface area contributed by atoms with Gasteiger partial charge in [0.05, 0.1) is 4.90 Å². The Hall–Kier alpha value is -1.68. The van der Waals surface area contributed by atoms with Crippen molar-refractivity contribution in [3.05, 3.63) is 58.6 Å². The lowest BCUT2D eigenvalue weighted by Crippen LogP contribution is -2.22. The molecule has 0 aliphatic rings. The summed E-state index contributed by atoms with van der Waals surface area (Å²) in [6, 6.07) is 14.4. The van der Waals surface area contributed by atoms with Crippen molar-refractivity contribution >= 4 is 37.7 Å². The molecule has 26 heavy (non-hydrogen) atoms. The summed E-state index contributed by atoms with van der Waals surface area (Å²) in [7, 11) is -0.423. The molecule has 0 saturated carbocycles. The smallest absolute Gasteiger partial charge is 0.277 e. The monoisotopic (exact) mass is 453 g/mol. The Morgan fingerprint density at radius 2 is 1.85 bits per heavy atom. The fourth-order valence-corrected chi connectivity index (χ4v) is 4.07. The number of thioether (sulfide) groups is 1. The van der Waals surface area contributed by atoms with Gasteiger partial charge in [-0.05, 0) is 42.0 Å². The van der Waals surface area contributed by atoms with Gasteiger partial charge < -0.3 is 4.42 Å².